The summed E-state index contributed by atoms with van der Waals surface area (Å²) in [6.07, 6.45) is 0. The van der Waals surface area contributed by atoms with Gasteiger partial charge >= 0.3 is 0 Å². The van der Waals surface area contributed by atoms with Crippen LogP contribution >= 0.6 is 23.2 Å². The fraction of sp³-hybridized carbons (Fsp3) is 0.316. The van der Waals surface area contributed by atoms with E-state index in [2.05, 4.69) is 15.5 Å². The van der Waals surface area contributed by atoms with Crippen molar-refractivity contribution >= 4 is 50.5 Å². The van der Waals surface area contributed by atoms with E-state index in [1.54, 1.807) is 6.07 Å². The number of sulfonamides is 1. The zero-order chi connectivity index (χ0) is 21.9. The molecule has 2 aromatic rings. The number of benzene rings is 2. The molecule has 1 aliphatic heterocycles. The first-order valence-corrected chi connectivity index (χ1v) is 11.3. The Bertz CT molecular complexity index is 1040. The molecule has 30 heavy (non-hydrogen) atoms. The van der Waals surface area contributed by atoms with Crippen LogP contribution in [0.1, 0.15) is 0 Å². The topological polar surface area (TPSA) is 81.8 Å². The number of hydrogen-bond acceptors (Lipinski definition) is 5. The fourth-order valence-electron chi connectivity index (χ4n) is 2.94. The number of rotatable bonds is 6. The molecule has 2 N–H and O–H groups in total. The van der Waals surface area contributed by atoms with E-state index in [0.29, 0.717) is 37.6 Å². The SMILES string of the molecule is CN1CCN(S(=O)(=O)c2cc(NCC(=O)Nc3ccc(F)c(Cl)c3)ccc2Cl)CC1. The number of halogens is 3. The van der Waals surface area contributed by atoms with Crippen molar-refractivity contribution in [1.29, 1.82) is 0 Å². The zero-order valence-electron chi connectivity index (χ0n) is 16.2. The monoisotopic (exact) mass is 474 g/mol. The Morgan fingerprint density at radius 3 is 2.37 bits per heavy atom. The van der Waals surface area contributed by atoms with Gasteiger partial charge in [-0.3, -0.25) is 4.79 Å². The minimum absolute atomic E-state index is 0.00977. The van der Waals surface area contributed by atoms with E-state index in [1.165, 1.54) is 28.6 Å². The maximum atomic E-state index is 13.2. The van der Waals surface area contributed by atoms with Gasteiger partial charge in [-0.15, -0.1) is 0 Å². The molecular weight excluding hydrogens is 454 g/mol. The van der Waals surface area contributed by atoms with Crippen molar-refractivity contribution in [2.45, 2.75) is 4.90 Å². The molecule has 7 nitrogen and oxygen atoms in total. The second kappa shape index (κ2) is 9.49. The van der Waals surface area contributed by atoms with Crippen LogP contribution in [-0.4, -0.2) is 63.3 Å². The van der Waals surface area contributed by atoms with Crippen LogP contribution < -0.4 is 10.6 Å². The first-order chi connectivity index (χ1) is 14.2. The van der Waals surface area contributed by atoms with E-state index < -0.39 is 21.7 Å². The zero-order valence-corrected chi connectivity index (χ0v) is 18.5. The Morgan fingerprint density at radius 1 is 1.03 bits per heavy atom. The Kier molecular flexibility index (Phi) is 7.20. The first-order valence-electron chi connectivity index (χ1n) is 9.14. The van der Waals surface area contributed by atoms with Gasteiger partial charge in [-0.1, -0.05) is 23.2 Å². The maximum absolute atomic E-state index is 13.2. The average Bonchev–Trinajstić information content (AvgIpc) is 2.70. The van der Waals surface area contributed by atoms with Gasteiger partial charge in [-0.05, 0) is 43.4 Å². The highest BCUT2D eigenvalue weighted by Crippen LogP contribution is 2.28. The van der Waals surface area contributed by atoms with Crippen molar-refractivity contribution in [1.82, 2.24) is 9.21 Å². The lowest BCUT2D eigenvalue weighted by Crippen LogP contribution is -2.47. The van der Waals surface area contributed by atoms with Crippen LogP contribution in [0.25, 0.3) is 0 Å². The average molecular weight is 475 g/mol. The van der Waals surface area contributed by atoms with Crippen molar-refractivity contribution < 1.29 is 17.6 Å². The Balaban J connectivity index is 1.67. The molecule has 162 valence electrons. The first kappa shape index (κ1) is 22.8. The van der Waals surface area contributed by atoms with Gasteiger partial charge in [0.2, 0.25) is 15.9 Å². The largest absolute Gasteiger partial charge is 0.376 e. The summed E-state index contributed by atoms with van der Waals surface area (Å²) in [5.74, 6) is -0.987. The molecule has 0 unspecified atom stereocenters. The Labute approximate surface area is 184 Å². The van der Waals surface area contributed by atoms with Crippen LogP contribution in [0.2, 0.25) is 10.0 Å². The van der Waals surface area contributed by atoms with Gasteiger partial charge in [0.05, 0.1) is 16.6 Å². The number of nitrogens with zero attached hydrogens (tertiary/aromatic N) is 2. The molecule has 0 spiro atoms. The summed E-state index contributed by atoms with van der Waals surface area (Å²) in [5, 5.41) is 5.47. The number of anilines is 2. The van der Waals surface area contributed by atoms with E-state index in [4.69, 9.17) is 23.2 Å². The van der Waals surface area contributed by atoms with Gasteiger partial charge in [-0.2, -0.15) is 4.31 Å². The van der Waals surface area contributed by atoms with E-state index in [9.17, 15) is 17.6 Å². The lowest BCUT2D eigenvalue weighted by atomic mass is 10.3. The molecule has 1 aliphatic rings. The third kappa shape index (κ3) is 5.41. The molecule has 1 fully saturated rings. The number of piperazine rings is 1. The lowest BCUT2D eigenvalue weighted by molar-refractivity contribution is -0.114. The molecule has 11 heteroatoms. The standard InChI is InChI=1S/C19H21Cl2FN4O3S/c1-25-6-8-26(9-7-25)30(28,29)18-11-13(2-4-15(18)20)23-12-19(27)24-14-3-5-17(22)16(21)10-14/h2-5,10-11,23H,6-9,12H2,1H3,(H,24,27). The summed E-state index contributed by atoms with van der Waals surface area (Å²) in [5.41, 5.74) is 0.780. The predicted octanol–water partition coefficient (Wildman–Crippen LogP) is 3.12. The Hall–Kier alpha value is -1.91. The van der Waals surface area contributed by atoms with Gasteiger partial charge in [-0.25, -0.2) is 12.8 Å². The van der Waals surface area contributed by atoms with Crippen LogP contribution in [-0.2, 0) is 14.8 Å². The van der Waals surface area contributed by atoms with Crippen LogP contribution in [0.15, 0.2) is 41.3 Å². The number of likely N-dealkylation sites (N-methyl/N-ethyl adjacent to an activating group) is 1. The van der Waals surface area contributed by atoms with Crippen molar-refractivity contribution in [3.05, 3.63) is 52.3 Å². The van der Waals surface area contributed by atoms with Gasteiger partial charge in [0, 0.05) is 37.6 Å². The minimum Gasteiger partial charge on any atom is -0.376 e. The molecule has 0 aliphatic carbocycles. The summed E-state index contributed by atoms with van der Waals surface area (Å²) in [4.78, 5) is 14.2. The number of hydrogen-bond donors (Lipinski definition) is 2. The summed E-state index contributed by atoms with van der Waals surface area (Å²) in [6, 6.07) is 8.33. The third-order valence-corrected chi connectivity index (χ3v) is 7.34. The molecule has 0 radical (unpaired) electrons. The van der Waals surface area contributed by atoms with Crippen LogP contribution in [0.3, 0.4) is 0 Å². The van der Waals surface area contributed by atoms with Crippen LogP contribution in [0, 0.1) is 5.82 Å². The molecule has 0 bridgehead atoms. The van der Waals surface area contributed by atoms with Crippen molar-refractivity contribution in [2.24, 2.45) is 0 Å². The van der Waals surface area contributed by atoms with Crippen LogP contribution in [0.4, 0.5) is 15.8 Å². The summed E-state index contributed by atoms with van der Waals surface area (Å²) >= 11 is 11.9. The molecule has 0 atom stereocenters. The predicted molar refractivity (Wildman–Crippen MR) is 116 cm³/mol. The number of nitrogens with one attached hydrogen (secondary N) is 2. The number of carbonyl (C=O) groups is 1. The summed E-state index contributed by atoms with van der Waals surface area (Å²) in [6.45, 7) is 1.92. The molecule has 1 saturated heterocycles. The highest BCUT2D eigenvalue weighted by atomic mass is 35.5. The maximum Gasteiger partial charge on any atom is 0.244 e. The van der Waals surface area contributed by atoms with E-state index in [0.717, 1.165) is 6.07 Å². The van der Waals surface area contributed by atoms with Crippen molar-refractivity contribution in [3.63, 3.8) is 0 Å². The third-order valence-electron chi connectivity index (χ3n) is 4.67. The van der Waals surface area contributed by atoms with Gasteiger partial charge in [0.1, 0.15) is 10.7 Å². The van der Waals surface area contributed by atoms with Crippen molar-refractivity contribution in [3.8, 4) is 0 Å². The number of amides is 1. The Morgan fingerprint density at radius 2 is 1.70 bits per heavy atom. The smallest absolute Gasteiger partial charge is 0.244 e. The highest BCUT2D eigenvalue weighted by Gasteiger charge is 2.29. The van der Waals surface area contributed by atoms with E-state index >= 15 is 0 Å². The normalized spacial score (nSPS) is 15.7. The molecular formula is C19H21Cl2FN4O3S. The molecule has 0 saturated carbocycles. The fourth-order valence-corrected chi connectivity index (χ4v) is 5.04. The van der Waals surface area contributed by atoms with Crippen molar-refractivity contribution in [2.75, 3.05) is 50.4 Å². The summed E-state index contributed by atoms with van der Waals surface area (Å²) < 4.78 is 40.6. The van der Waals surface area contributed by atoms with Crippen LogP contribution in [0.5, 0.6) is 0 Å². The quantitative estimate of drug-likeness (QED) is 0.671. The molecule has 1 heterocycles. The molecule has 0 aromatic heterocycles. The summed E-state index contributed by atoms with van der Waals surface area (Å²) in [7, 11) is -1.81. The molecule has 1 amide bonds. The highest BCUT2D eigenvalue weighted by molar-refractivity contribution is 7.89. The second-order valence-corrected chi connectivity index (χ2v) is 9.60. The van der Waals surface area contributed by atoms with E-state index in [1.807, 2.05) is 7.05 Å². The second-order valence-electron chi connectivity index (χ2n) is 6.88. The molecule has 3 rings (SSSR count). The van der Waals surface area contributed by atoms with E-state index in [-0.39, 0.29) is 21.5 Å². The molecule has 2 aromatic carbocycles. The van der Waals surface area contributed by atoms with Gasteiger partial charge in [0.15, 0.2) is 0 Å². The number of carbonyl (C=O) groups excluding carboxylic acids is 1. The van der Waals surface area contributed by atoms with Gasteiger partial charge < -0.3 is 15.5 Å². The lowest BCUT2D eigenvalue weighted by Gasteiger charge is -2.31. The van der Waals surface area contributed by atoms with Gasteiger partial charge in [0.25, 0.3) is 0 Å². The minimum atomic E-state index is -3.75.